The Bertz CT molecular complexity index is 1110. The molecule has 2 aliphatic rings. The van der Waals surface area contributed by atoms with E-state index in [1.807, 2.05) is 48.6 Å². The van der Waals surface area contributed by atoms with Crippen molar-refractivity contribution in [1.82, 2.24) is 15.1 Å². The number of aromatic nitrogens is 2. The van der Waals surface area contributed by atoms with Crippen molar-refractivity contribution in [3.8, 4) is 6.19 Å². The molecule has 1 unspecified atom stereocenters. The van der Waals surface area contributed by atoms with Crippen molar-refractivity contribution in [2.45, 2.75) is 24.8 Å². The van der Waals surface area contributed by atoms with E-state index < -0.39 is 23.0 Å². The van der Waals surface area contributed by atoms with Gasteiger partial charge in [0.25, 0.3) is 0 Å². The highest BCUT2D eigenvalue weighted by atomic mass is 35.5. The van der Waals surface area contributed by atoms with Crippen molar-refractivity contribution in [2.75, 3.05) is 5.32 Å². The van der Waals surface area contributed by atoms with Crippen molar-refractivity contribution in [3.05, 3.63) is 65.3 Å². The molecular weight excluding hydrogens is 406 g/mol. The number of nitrogens with zero attached hydrogens (tertiary/aromatic N) is 3. The summed E-state index contributed by atoms with van der Waals surface area (Å²) in [7, 11) is 0. The number of carbonyl (C=O) groups is 2. The van der Waals surface area contributed by atoms with Crippen LogP contribution in [0, 0.1) is 16.9 Å². The summed E-state index contributed by atoms with van der Waals surface area (Å²) in [5, 5.41) is 27.3. The monoisotopic (exact) mass is 423 g/mol. The first-order valence-electron chi connectivity index (χ1n) is 9.32. The van der Waals surface area contributed by atoms with Crippen LogP contribution in [0.2, 0.25) is 5.02 Å². The molecule has 30 heavy (non-hydrogen) atoms. The molecule has 0 aliphatic heterocycles. The molecule has 2 aliphatic carbocycles. The van der Waals surface area contributed by atoms with Gasteiger partial charge in [0.15, 0.2) is 12.0 Å². The lowest BCUT2D eigenvalue weighted by atomic mass is 9.73. The highest BCUT2D eigenvalue weighted by Gasteiger charge is 2.65. The fourth-order valence-electron chi connectivity index (χ4n) is 4.19. The zero-order chi connectivity index (χ0) is 21.4. The summed E-state index contributed by atoms with van der Waals surface area (Å²) in [5.74, 6) is -0.333. The summed E-state index contributed by atoms with van der Waals surface area (Å²) >= 11 is 6.20. The van der Waals surface area contributed by atoms with Gasteiger partial charge in [-0.25, -0.2) is 9.48 Å². The molecule has 1 aromatic carbocycles. The maximum absolute atomic E-state index is 12.9. The van der Waals surface area contributed by atoms with Crippen molar-refractivity contribution in [3.63, 3.8) is 0 Å². The number of rotatable bonds is 5. The van der Waals surface area contributed by atoms with Gasteiger partial charge in [-0.1, -0.05) is 60.2 Å². The largest absolute Gasteiger partial charge is 0.465 e. The van der Waals surface area contributed by atoms with Crippen LogP contribution in [0.5, 0.6) is 0 Å². The first kappa shape index (κ1) is 19.7. The Labute approximate surface area is 177 Å². The fraction of sp³-hybridized carbons (Fsp3) is 0.238. The average Bonchev–Trinajstić information content (AvgIpc) is 3.49. The smallest absolute Gasteiger partial charge is 0.410 e. The van der Waals surface area contributed by atoms with E-state index >= 15 is 0 Å². The number of amides is 2. The first-order valence-corrected chi connectivity index (χ1v) is 9.70. The topological polar surface area (TPSA) is 120 Å². The molecule has 0 saturated heterocycles. The molecule has 0 bridgehead atoms. The highest BCUT2D eigenvalue weighted by Crippen LogP contribution is 2.61. The number of anilines is 1. The van der Waals surface area contributed by atoms with E-state index in [2.05, 4.69) is 15.7 Å². The number of carbonyl (C=O) groups excluding carboxylic acids is 1. The van der Waals surface area contributed by atoms with Crippen molar-refractivity contribution >= 4 is 35.0 Å². The average molecular weight is 424 g/mol. The van der Waals surface area contributed by atoms with Gasteiger partial charge in [0.05, 0.1) is 11.6 Å². The van der Waals surface area contributed by atoms with Crippen LogP contribution in [0.4, 0.5) is 10.6 Å². The Morgan fingerprint density at radius 3 is 2.57 bits per heavy atom. The predicted molar refractivity (Wildman–Crippen MR) is 110 cm³/mol. The first-order chi connectivity index (χ1) is 14.4. The second kappa shape index (κ2) is 7.35. The SMILES string of the molecule is N#CNC(=O)C1(C2(n3ncc(Cl)c3NC(=O)O)C=CC(c3ccccc3)=CC2)CC1. The molecule has 152 valence electrons. The number of hydrogen-bond donors (Lipinski definition) is 3. The van der Waals surface area contributed by atoms with Gasteiger partial charge in [0.1, 0.15) is 10.6 Å². The number of hydrogen-bond acceptors (Lipinski definition) is 4. The van der Waals surface area contributed by atoms with Gasteiger partial charge < -0.3 is 5.11 Å². The molecule has 0 radical (unpaired) electrons. The Morgan fingerprint density at radius 2 is 2.00 bits per heavy atom. The van der Waals surface area contributed by atoms with Crippen LogP contribution in [-0.2, 0) is 10.3 Å². The molecule has 2 aromatic rings. The zero-order valence-electron chi connectivity index (χ0n) is 15.8. The van der Waals surface area contributed by atoms with Crippen molar-refractivity contribution in [1.29, 1.82) is 5.26 Å². The molecule has 2 amide bonds. The van der Waals surface area contributed by atoms with Gasteiger partial charge in [-0.2, -0.15) is 10.4 Å². The molecule has 0 spiro atoms. The van der Waals surface area contributed by atoms with E-state index in [0.717, 1.165) is 11.1 Å². The minimum atomic E-state index is -1.29. The Balaban J connectivity index is 1.83. The molecule has 1 fully saturated rings. The van der Waals surface area contributed by atoms with E-state index in [4.69, 9.17) is 16.9 Å². The Kier molecular flexibility index (Phi) is 4.84. The second-order valence-corrected chi connectivity index (χ2v) is 7.73. The standard InChI is InChI=1S/C21H18ClN5O3/c22-16-12-25-27(17(16)26-19(29)30)21(20(10-11-20)18(28)24-13-23)8-6-15(7-9-21)14-4-2-1-3-5-14/h1-8,12,26H,9-11H2,(H,24,28)(H,29,30). The summed E-state index contributed by atoms with van der Waals surface area (Å²) < 4.78 is 1.46. The minimum Gasteiger partial charge on any atom is -0.465 e. The van der Waals surface area contributed by atoms with Crippen LogP contribution >= 0.6 is 11.6 Å². The fourth-order valence-corrected chi connectivity index (χ4v) is 4.36. The van der Waals surface area contributed by atoms with Gasteiger partial charge in [0.2, 0.25) is 5.91 Å². The van der Waals surface area contributed by atoms with Crippen LogP contribution in [0.3, 0.4) is 0 Å². The van der Waals surface area contributed by atoms with Crippen LogP contribution in [0.1, 0.15) is 24.8 Å². The molecular formula is C21H18ClN5O3. The third kappa shape index (κ3) is 3.04. The number of allylic oxidation sites excluding steroid dienone is 4. The Morgan fingerprint density at radius 1 is 1.27 bits per heavy atom. The van der Waals surface area contributed by atoms with Crippen LogP contribution in [0.25, 0.3) is 5.57 Å². The Hall–Kier alpha value is -3.57. The van der Waals surface area contributed by atoms with Crippen molar-refractivity contribution < 1.29 is 14.7 Å². The van der Waals surface area contributed by atoms with Gasteiger partial charge in [-0.05, 0) is 30.4 Å². The zero-order valence-corrected chi connectivity index (χ0v) is 16.6. The van der Waals surface area contributed by atoms with E-state index in [9.17, 15) is 14.7 Å². The summed E-state index contributed by atoms with van der Waals surface area (Å²) in [6.07, 6.45) is 8.96. The quantitative estimate of drug-likeness (QED) is 0.499. The van der Waals surface area contributed by atoms with E-state index in [1.165, 1.54) is 10.9 Å². The lowest BCUT2D eigenvalue weighted by Crippen LogP contribution is -2.50. The number of carboxylic acid groups (broad SMARTS) is 1. The third-order valence-electron chi connectivity index (χ3n) is 5.79. The molecule has 8 nitrogen and oxygen atoms in total. The third-order valence-corrected chi connectivity index (χ3v) is 6.07. The van der Waals surface area contributed by atoms with Gasteiger partial charge >= 0.3 is 6.09 Å². The molecule has 3 N–H and O–H groups in total. The molecule has 1 heterocycles. The summed E-state index contributed by atoms with van der Waals surface area (Å²) in [6, 6.07) is 9.79. The van der Waals surface area contributed by atoms with Gasteiger partial charge in [0, 0.05) is 0 Å². The van der Waals surface area contributed by atoms with Crippen LogP contribution in [-0.4, -0.2) is 26.9 Å². The van der Waals surface area contributed by atoms with Gasteiger partial charge in [-0.15, -0.1) is 0 Å². The molecule has 1 saturated carbocycles. The van der Waals surface area contributed by atoms with E-state index in [-0.39, 0.29) is 10.8 Å². The maximum atomic E-state index is 12.9. The maximum Gasteiger partial charge on any atom is 0.410 e. The lowest BCUT2D eigenvalue weighted by Gasteiger charge is -2.40. The molecule has 1 atom stereocenters. The number of nitriles is 1. The number of benzene rings is 1. The summed E-state index contributed by atoms with van der Waals surface area (Å²) in [6.45, 7) is 0. The van der Waals surface area contributed by atoms with Gasteiger partial charge in [-0.3, -0.25) is 15.4 Å². The van der Waals surface area contributed by atoms with E-state index in [0.29, 0.717) is 19.3 Å². The summed E-state index contributed by atoms with van der Waals surface area (Å²) in [4.78, 5) is 24.2. The molecule has 1 aromatic heterocycles. The number of nitrogens with one attached hydrogen (secondary N) is 2. The number of halogens is 1. The lowest BCUT2D eigenvalue weighted by molar-refractivity contribution is -0.128. The normalized spacial score (nSPS) is 21.3. The van der Waals surface area contributed by atoms with Crippen LogP contribution in [0.15, 0.2) is 54.8 Å². The highest BCUT2D eigenvalue weighted by molar-refractivity contribution is 6.33. The second-order valence-electron chi connectivity index (χ2n) is 7.32. The molecule has 9 heteroatoms. The minimum absolute atomic E-state index is 0.0846. The molecule has 4 rings (SSSR count). The van der Waals surface area contributed by atoms with Crippen LogP contribution < -0.4 is 10.6 Å². The van der Waals surface area contributed by atoms with Crippen molar-refractivity contribution in [2.24, 2.45) is 5.41 Å². The summed E-state index contributed by atoms with van der Waals surface area (Å²) in [5.41, 5.74) is 0.0455. The van der Waals surface area contributed by atoms with E-state index in [1.54, 1.807) is 6.19 Å². The predicted octanol–water partition coefficient (Wildman–Crippen LogP) is 3.74.